The monoisotopic (exact) mass is 466 g/mol. The molecule has 176 valence electrons. The van der Waals surface area contributed by atoms with Gasteiger partial charge in [0.05, 0.1) is 28.3 Å². The number of rotatable bonds is 4. The van der Waals surface area contributed by atoms with E-state index in [1.807, 2.05) is 24.3 Å². The van der Waals surface area contributed by atoms with E-state index in [2.05, 4.69) is 29.2 Å². The molecule has 2 atom stereocenters. The van der Waals surface area contributed by atoms with Crippen LogP contribution in [-0.4, -0.2) is 30.0 Å². The number of nitrogens with zero attached hydrogens (tertiary/aromatic N) is 2. The van der Waals surface area contributed by atoms with E-state index in [1.165, 1.54) is 18.6 Å². The lowest BCUT2D eigenvalue weighted by atomic mass is 9.85. The van der Waals surface area contributed by atoms with Crippen LogP contribution in [0.25, 0.3) is 22.2 Å². The van der Waals surface area contributed by atoms with Gasteiger partial charge in [0.25, 0.3) is 0 Å². The molecule has 35 heavy (non-hydrogen) atoms. The number of nitrogens with one attached hydrogen (secondary N) is 1. The van der Waals surface area contributed by atoms with Crippen molar-refractivity contribution in [3.63, 3.8) is 0 Å². The average molecular weight is 467 g/mol. The second-order valence-electron chi connectivity index (χ2n) is 9.77. The molecular formula is C28H24N3O4-. The molecule has 1 fully saturated rings. The number of piperidine rings is 1. The van der Waals surface area contributed by atoms with Crippen molar-refractivity contribution in [2.45, 2.75) is 20.3 Å². The van der Waals surface area contributed by atoms with E-state index in [-0.39, 0.29) is 11.3 Å². The molecule has 4 aromatic rings. The van der Waals surface area contributed by atoms with Crippen LogP contribution in [0.3, 0.4) is 0 Å². The molecule has 7 nitrogen and oxygen atoms in total. The van der Waals surface area contributed by atoms with E-state index in [9.17, 15) is 14.7 Å². The van der Waals surface area contributed by atoms with Crippen LogP contribution < -0.4 is 15.3 Å². The number of fused-ring (bicyclic) bond motifs is 2. The maximum absolute atomic E-state index is 13.7. The van der Waals surface area contributed by atoms with E-state index >= 15 is 0 Å². The largest absolute Gasteiger partial charge is 0.545 e. The van der Waals surface area contributed by atoms with Crippen molar-refractivity contribution < 1.29 is 19.2 Å². The number of aromatic carboxylic acids is 1. The molecule has 7 heteroatoms. The molecule has 1 aliphatic carbocycles. The van der Waals surface area contributed by atoms with Crippen molar-refractivity contribution in [3.05, 3.63) is 71.3 Å². The smallest absolute Gasteiger partial charge is 0.196 e. The average Bonchev–Trinajstić information content (AvgIpc) is 3.28. The molecule has 1 aromatic heterocycles. The van der Waals surface area contributed by atoms with E-state index in [4.69, 9.17) is 4.52 Å². The van der Waals surface area contributed by atoms with Crippen LogP contribution in [0.15, 0.2) is 59.1 Å². The summed E-state index contributed by atoms with van der Waals surface area (Å²) in [5, 5.41) is 19.7. The van der Waals surface area contributed by atoms with Gasteiger partial charge < -0.3 is 24.6 Å². The molecule has 3 aromatic carbocycles. The number of aromatic nitrogens is 1. The Labute approximate surface area is 202 Å². The highest BCUT2D eigenvalue weighted by molar-refractivity contribution is 6.28. The number of anilines is 3. The molecule has 0 bridgehead atoms. The van der Waals surface area contributed by atoms with Gasteiger partial charge in [-0.25, -0.2) is 0 Å². The van der Waals surface area contributed by atoms with Gasteiger partial charge >= 0.3 is 0 Å². The van der Waals surface area contributed by atoms with Gasteiger partial charge in [0.2, 0.25) is 0 Å². The summed E-state index contributed by atoms with van der Waals surface area (Å²) in [6.07, 6.45) is 1.17. The summed E-state index contributed by atoms with van der Waals surface area (Å²) in [4.78, 5) is 27.2. The summed E-state index contributed by atoms with van der Waals surface area (Å²) in [6, 6.07) is 15.7. The van der Waals surface area contributed by atoms with Crippen molar-refractivity contribution in [1.29, 1.82) is 0 Å². The molecule has 6 rings (SSSR count). The third-order valence-electron chi connectivity index (χ3n) is 6.99. The Morgan fingerprint density at radius 2 is 1.74 bits per heavy atom. The standard InChI is InChI=1S/C28H25N3O4/c1-15-11-16(2)14-31(13-15)22-12-21(29-18-9-7-17(8-10-18)28(33)34)23-24-25(22)30-35-27(24)20-6-4-3-5-19(20)26(23)32/h3-10,12,15-16,29H,11,13-14H2,1-2H3,(H,33,34)/p-1. The molecule has 1 saturated heterocycles. The summed E-state index contributed by atoms with van der Waals surface area (Å²) < 4.78 is 5.87. The maximum Gasteiger partial charge on any atom is 0.196 e. The first kappa shape index (κ1) is 21.4. The Hall–Kier alpha value is -4.13. The van der Waals surface area contributed by atoms with Crippen molar-refractivity contribution >= 4 is 39.7 Å². The minimum absolute atomic E-state index is 0.0932. The number of ketones is 1. The van der Waals surface area contributed by atoms with Crippen LogP contribution in [-0.2, 0) is 0 Å². The first-order valence-electron chi connectivity index (χ1n) is 11.8. The molecule has 1 N–H and O–H groups in total. The minimum atomic E-state index is -1.23. The lowest BCUT2D eigenvalue weighted by Crippen LogP contribution is -2.39. The number of carbonyl (C=O) groups is 2. The Morgan fingerprint density at radius 3 is 2.43 bits per heavy atom. The van der Waals surface area contributed by atoms with Crippen molar-refractivity contribution in [3.8, 4) is 11.3 Å². The summed E-state index contributed by atoms with van der Waals surface area (Å²) in [5.41, 5.74) is 4.85. The van der Waals surface area contributed by atoms with Crippen molar-refractivity contribution in [2.75, 3.05) is 23.3 Å². The summed E-state index contributed by atoms with van der Waals surface area (Å²) >= 11 is 0. The Balaban J connectivity index is 1.56. The number of carbonyl (C=O) groups excluding carboxylic acids is 2. The molecule has 0 radical (unpaired) electrons. The predicted molar refractivity (Wildman–Crippen MR) is 132 cm³/mol. The van der Waals surface area contributed by atoms with Crippen LogP contribution in [0.5, 0.6) is 0 Å². The number of hydrogen-bond acceptors (Lipinski definition) is 7. The highest BCUT2D eigenvalue weighted by Gasteiger charge is 2.34. The SMILES string of the molecule is CC1CC(C)CN(c2cc(Nc3ccc(C(=O)[O-])cc3)c3c4c(onc24)-c2ccccc2C3=O)C1. The van der Waals surface area contributed by atoms with E-state index in [0.717, 1.165) is 24.3 Å². The van der Waals surface area contributed by atoms with Crippen molar-refractivity contribution in [2.24, 2.45) is 11.8 Å². The summed E-state index contributed by atoms with van der Waals surface area (Å²) in [6.45, 7) is 6.29. The fraction of sp³-hybridized carbons (Fsp3) is 0.250. The zero-order valence-electron chi connectivity index (χ0n) is 19.5. The van der Waals surface area contributed by atoms with Gasteiger partial charge in [0.15, 0.2) is 11.5 Å². The zero-order chi connectivity index (χ0) is 24.3. The summed E-state index contributed by atoms with van der Waals surface area (Å²) in [5.74, 6) is 0.333. The fourth-order valence-electron chi connectivity index (χ4n) is 5.59. The Morgan fingerprint density at radius 1 is 1.06 bits per heavy atom. The van der Waals surface area contributed by atoms with Crippen LogP contribution in [0.4, 0.5) is 17.1 Å². The molecule has 0 amide bonds. The van der Waals surface area contributed by atoms with Gasteiger partial charge in [0, 0.05) is 29.9 Å². The van der Waals surface area contributed by atoms with Gasteiger partial charge in [0.1, 0.15) is 5.52 Å². The molecule has 2 heterocycles. The van der Waals surface area contributed by atoms with Crippen LogP contribution >= 0.6 is 0 Å². The Bertz CT molecular complexity index is 1480. The number of benzene rings is 3. The Kier molecular flexibility index (Phi) is 4.88. The molecular weight excluding hydrogens is 442 g/mol. The number of carboxylic acid groups (broad SMARTS) is 1. The first-order chi connectivity index (χ1) is 16.9. The third-order valence-corrected chi connectivity index (χ3v) is 6.99. The predicted octanol–water partition coefficient (Wildman–Crippen LogP) is 4.63. The molecule has 0 saturated carbocycles. The second kappa shape index (κ2) is 7.98. The second-order valence-corrected chi connectivity index (χ2v) is 9.77. The van der Waals surface area contributed by atoms with E-state index < -0.39 is 5.97 Å². The van der Waals surface area contributed by atoms with E-state index in [1.54, 1.807) is 18.2 Å². The quantitative estimate of drug-likeness (QED) is 0.412. The lowest BCUT2D eigenvalue weighted by molar-refractivity contribution is -0.255. The number of carboxylic acids is 1. The lowest BCUT2D eigenvalue weighted by Gasteiger charge is -2.37. The third kappa shape index (κ3) is 3.46. The summed E-state index contributed by atoms with van der Waals surface area (Å²) in [7, 11) is 0. The molecule has 2 unspecified atom stereocenters. The van der Waals surface area contributed by atoms with E-state index in [0.29, 0.717) is 51.0 Å². The van der Waals surface area contributed by atoms with Crippen molar-refractivity contribution in [1.82, 2.24) is 5.16 Å². The highest BCUT2D eigenvalue weighted by atomic mass is 16.5. The minimum Gasteiger partial charge on any atom is -0.545 e. The topological polar surface area (TPSA) is 98.5 Å². The fourth-order valence-corrected chi connectivity index (χ4v) is 5.59. The molecule has 0 spiro atoms. The van der Waals surface area contributed by atoms with Gasteiger partial charge in [-0.3, -0.25) is 4.79 Å². The highest BCUT2D eigenvalue weighted by Crippen LogP contribution is 2.47. The van der Waals surface area contributed by atoms with Gasteiger partial charge in [-0.1, -0.05) is 55.4 Å². The molecule has 2 aliphatic rings. The maximum atomic E-state index is 13.7. The normalized spacial score (nSPS) is 19.0. The van der Waals surface area contributed by atoms with Gasteiger partial charge in [-0.2, -0.15) is 0 Å². The molecule has 1 aliphatic heterocycles. The van der Waals surface area contributed by atoms with Gasteiger partial charge in [-0.15, -0.1) is 0 Å². The van der Waals surface area contributed by atoms with Gasteiger partial charge in [-0.05, 0) is 42.0 Å². The zero-order valence-corrected chi connectivity index (χ0v) is 19.5. The first-order valence-corrected chi connectivity index (χ1v) is 11.8. The van der Waals surface area contributed by atoms with Crippen LogP contribution in [0.1, 0.15) is 46.5 Å². The van der Waals surface area contributed by atoms with Crippen LogP contribution in [0.2, 0.25) is 0 Å². The van der Waals surface area contributed by atoms with Crippen LogP contribution in [0, 0.1) is 11.8 Å². The number of hydrogen-bond donors (Lipinski definition) is 1.